The maximum atomic E-state index is 13.7. The molecule has 6 rings (SSSR count). The number of benzene rings is 1. The van der Waals surface area contributed by atoms with E-state index in [0.29, 0.717) is 29.1 Å². The predicted octanol–water partition coefficient (Wildman–Crippen LogP) is 4.64. The van der Waals surface area contributed by atoms with Crippen LogP contribution in [0.5, 0.6) is 0 Å². The molecule has 1 aliphatic heterocycles. The number of carbonyl (C=O) groups excluding carboxylic acids is 3. The zero-order valence-electron chi connectivity index (χ0n) is 20.5. The average Bonchev–Trinajstić information content (AvgIpc) is 3.06. The lowest BCUT2D eigenvalue weighted by Gasteiger charge is -2.55. The molecule has 0 saturated heterocycles. The summed E-state index contributed by atoms with van der Waals surface area (Å²) in [7, 11) is 2.54. The Morgan fingerprint density at radius 2 is 1.57 bits per heavy atom. The van der Waals surface area contributed by atoms with Crippen LogP contribution >= 0.6 is 0 Å². The number of hydrogen-bond acceptors (Lipinski definition) is 6. The van der Waals surface area contributed by atoms with Gasteiger partial charge in [-0.25, -0.2) is 9.59 Å². The highest BCUT2D eigenvalue weighted by molar-refractivity contribution is 6.05. The molecule has 0 spiro atoms. The molecule has 5 aliphatic rings. The highest BCUT2D eigenvalue weighted by atomic mass is 16.5. The minimum absolute atomic E-state index is 0.0477. The van der Waals surface area contributed by atoms with E-state index in [1.165, 1.54) is 39.6 Å². The summed E-state index contributed by atoms with van der Waals surface area (Å²) in [6.07, 6.45) is 13.4. The number of carbonyl (C=O) groups is 3. The summed E-state index contributed by atoms with van der Waals surface area (Å²) in [6, 6.07) is 5.61. The van der Waals surface area contributed by atoms with E-state index >= 15 is 0 Å². The van der Waals surface area contributed by atoms with E-state index in [9.17, 15) is 14.4 Å². The number of anilines is 2. The Kier molecular flexibility index (Phi) is 6.03. The van der Waals surface area contributed by atoms with Gasteiger partial charge in [-0.05, 0) is 93.1 Å². The number of nitrogens with zero attached hydrogens (tertiary/aromatic N) is 1. The summed E-state index contributed by atoms with van der Waals surface area (Å²) < 4.78 is 9.89. The largest absolute Gasteiger partial charge is 0.465 e. The molecule has 7 heteroatoms. The van der Waals surface area contributed by atoms with Crippen molar-refractivity contribution in [3.8, 4) is 0 Å². The molecule has 35 heavy (non-hydrogen) atoms. The van der Waals surface area contributed by atoms with Crippen LogP contribution in [0, 0.1) is 30.1 Å². The van der Waals surface area contributed by atoms with Gasteiger partial charge in [0.25, 0.3) is 0 Å². The van der Waals surface area contributed by atoms with Crippen molar-refractivity contribution in [3.05, 3.63) is 59.5 Å². The van der Waals surface area contributed by atoms with Crippen molar-refractivity contribution in [2.45, 2.75) is 45.4 Å². The summed E-state index contributed by atoms with van der Waals surface area (Å²) in [5, 5.41) is 3.24. The Labute approximate surface area is 205 Å². The zero-order valence-corrected chi connectivity index (χ0v) is 20.5. The Morgan fingerprint density at radius 1 is 0.943 bits per heavy atom. The molecule has 1 aromatic carbocycles. The van der Waals surface area contributed by atoms with Gasteiger partial charge >= 0.3 is 11.9 Å². The zero-order chi connectivity index (χ0) is 24.7. The molecule has 0 aromatic heterocycles. The normalized spacial score (nSPS) is 28.7. The van der Waals surface area contributed by atoms with E-state index in [1.54, 1.807) is 23.3 Å². The van der Waals surface area contributed by atoms with E-state index in [1.807, 2.05) is 25.1 Å². The fraction of sp³-hybridized carbons (Fsp3) is 0.464. The molecule has 4 fully saturated rings. The van der Waals surface area contributed by atoms with Gasteiger partial charge in [0.15, 0.2) is 0 Å². The third-order valence-corrected chi connectivity index (χ3v) is 8.16. The highest BCUT2D eigenvalue weighted by Gasteiger charge is 2.54. The Balaban J connectivity index is 1.47. The number of amides is 1. The van der Waals surface area contributed by atoms with E-state index in [0.717, 1.165) is 24.8 Å². The van der Waals surface area contributed by atoms with Crippen LogP contribution in [-0.2, 0) is 23.9 Å². The van der Waals surface area contributed by atoms with Crippen molar-refractivity contribution in [2.75, 3.05) is 24.4 Å². The first-order chi connectivity index (χ1) is 16.8. The number of rotatable bonds is 5. The lowest BCUT2D eigenvalue weighted by atomic mass is 9.49. The number of nitrogens with one attached hydrogen (secondary N) is 1. The molecule has 0 unspecified atom stereocenters. The van der Waals surface area contributed by atoms with Crippen molar-refractivity contribution in [2.24, 2.45) is 23.2 Å². The molecule has 0 radical (unpaired) electrons. The van der Waals surface area contributed by atoms with Crippen molar-refractivity contribution in [1.29, 1.82) is 0 Å². The summed E-state index contributed by atoms with van der Waals surface area (Å²) in [6.45, 7) is 1.95. The highest BCUT2D eigenvalue weighted by Crippen LogP contribution is 2.60. The monoisotopic (exact) mass is 476 g/mol. The molecule has 7 nitrogen and oxygen atoms in total. The lowest BCUT2D eigenvalue weighted by Crippen LogP contribution is -2.51. The maximum absolute atomic E-state index is 13.7. The van der Waals surface area contributed by atoms with Gasteiger partial charge in [-0.1, -0.05) is 12.1 Å². The van der Waals surface area contributed by atoms with E-state index in [-0.39, 0.29) is 22.6 Å². The van der Waals surface area contributed by atoms with Crippen LogP contribution < -0.4 is 10.2 Å². The minimum Gasteiger partial charge on any atom is -0.465 e. The first kappa shape index (κ1) is 23.4. The summed E-state index contributed by atoms with van der Waals surface area (Å²) in [4.78, 5) is 40.5. The van der Waals surface area contributed by atoms with Crippen LogP contribution in [-0.4, -0.2) is 32.1 Å². The quantitative estimate of drug-likeness (QED) is 0.624. The Bertz CT molecular complexity index is 1130. The molecule has 4 saturated carbocycles. The lowest BCUT2D eigenvalue weighted by molar-refractivity contribution is -0.140. The molecule has 4 bridgehead atoms. The van der Waals surface area contributed by atoms with E-state index < -0.39 is 11.9 Å². The van der Waals surface area contributed by atoms with Crippen LogP contribution in [0.3, 0.4) is 0 Å². The van der Waals surface area contributed by atoms with Gasteiger partial charge in [-0.15, -0.1) is 0 Å². The molecular weight excluding hydrogens is 444 g/mol. The van der Waals surface area contributed by atoms with Gasteiger partial charge < -0.3 is 19.7 Å². The van der Waals surface area contributed by atoms with Gasteiger partial charge in [-0.2, -0.15) is 0 Å². The molecule has 1 heterocycles. The second-order valence-corrected chi connectivity index (χ2v) is 10.5. The second kappa shape index (κ2) is 9.02. The molecular formula is C28H32N2O5. The van der Waals surface area contributed by atoms with E-state index in [2.05, 4.69) is 5.32 Å². The first-order valence-electron chi connectivity index (χ1n) is 12.3. The van der Waals surface area contributed by atoms with Gasteiger partial charge in [0.1, 0.15) is 5.70 Å². The number of esters is 2. The van der Waals surface area contributed by atoms with E-state index in [4.69, 9.17) is 9.47 Å². The Hall–Kier alpha value is -3.35. The van der Waals surface area contributed by atoms with Gasteiger partial charge in [0.05, 0.1) is 25.2 Å². The fourth-order valence-corrected chi connectivity index (χ4v) is 6.90. The fourth-order valence-electron chi connectivity index (χ4n) is 6.90. The van der Waals surface area contributed by atoms with Crippen molar-refractivity contribution >= 4 is 29.2 Å². The maximum Gasteiger partial charge on any atom is 0.355 e. The van der Waals surface area contributed by atoms with Crippen LogP contribution in [0.2, 0.25) is 0 Å². The summed E-state index contributed by atoms with van der Waals surface area (Å²) >= 11 is 0. The van der Waals surface area contributed by atoms with Crippen LogP contribution in [0.1, 0.15) is 44.1 Å². The van der Waals surface area contributed by atoms with Crippen LogP contribution in [0.15, 0.2) is 53.9 Å². The molecule has 0 atom stereocenters. The number of aryl methyl sites for hydroxylation is 1. The van der Waals surface area contributed by atoms with Gasteiger partial charge in [0.2, 0.25) is 5.91 Å². The molecule has 4 aliphatic carbocycles. The van der Waals surface area contributed by atoms with Crippen LogP contribution in [0.25, 0.3) is 0 Å². The number of hydrogen-bond donors (Lipinski definition) is 1. The number of methoxy groups -OCH3 is 2. The molecule has 1 aromatic rings. The van der Waals surface area contributed by atoms with Crippen molar-refractivity contribution in [3.63, 3.8) is 0 Å². The first-order valence-corrected chi connectivity index (χ1v) is 12.3. The summed E-state index contributed by atoms with van der Waals surface area (Å²) in [5.74, 6) is 0.846. The summed E-state index contributed by atoms with van der Waals surface area (Å²) in [5.41, 5.74) is 2.13. The number of ether oxygens (including phenoxy) is 2. The SMILES string of the molecule is COC(=O)C1=C(C(=O)OC)N(c2ccc(C)c(NC(=O)C34CC5CC(CC(C5)C3)C4)c2)C=CC=C1. The number of allylic oxidation sites excluding steroid dienone is 2. The average molecular weight is 477 g/mol. The van der Waals surface area contributed by atoms with Gasteiger partial charge in [0, 0.05) is 17.6 Å². The topological polar surface area (TPSA) is 84.9 Å². The predicted molar refractivity (Wildman–Crippen MR) is 132 cm³/mol. The third-order valence-electron chi connectivity index (χ3n) is 8.16. The molecule has 1 N–H and O–H groups in total. The van der Waals surface area contributed by atoms with Crippen molar-refractivity contribution in [1.82, 2.24) is 0 Å². The van der Waals surface area contributed by atoms with Crippen molar-refractivity contribution < 1.29 is 23.9 Å². The molecule has 184 valence electrons. The molecule has 1 amide bonds. The second-order valence-electron chi connectivity index (χ2n) is 10.5. The standard InChI is InChI=1S/C28H32N2O5/c1-17-7-8-21(30-9-5-4-6-22(25(31)34-2)24(30)26(32)35-3)13-23(17)29-27(33)28-14-18-10-19(15-28)12-20(11-18)16-28/h4-9,13,18-20H,10-12,14-16H2,1-3H3,(H,29,33). The Morgan fingerprint density at radius 3 is 2.17 bits per heavy atom. The third kappa shape index (κ3) is 4.17. The van der Waals surface area contributed by atoms with Crippen LogP contribution in [0.4, 0.5) is 11.4 Å². The minimum atomic E-state index is -0.665. The van der Waals surface area contributed by atoms with Gasteiger partial charge in [-0.3, -0.25) is 4.79 Å². The smallest absolute Gasteiger partial charge is 0.355 e.